The Kier molecular flexibility index (Phi) is 3.22. The molecule has 1 amide bonds. The first-order valence-electron chi connectivity index (χ1n) is 3.99. The fraction of sp³-hybridized carbons (Fsp3) is 0.111. The van der Waals surface area contributed by atoms with Crippen LogP contribution in [-0.2, 0) is 4.79 Å². The molecule has 0 saturated carbocycles. The molecule has 0 radical (unpaired) electrons. The fourth-order valence-electron chi connectivity index (χ4n) is 0.948. The summed E-state index contributed by atoms with van der Waals surface area (Å²) >= 11 is 0. The van der Waals surface area contributed by atoms with Crippen LogP contribution < -0.4 is 5.32 Å². The van der Waals surface area contributed by atoms with Gasteiger partial charge in [0.2, 0.25) is 0 Å². The number of amides is 1. The normalized spacial score (nSPS) is 9.67. The highest BCUT2D eigenvalue weighted by Crippen LogP contribution is 2.17. The number of hydrogen-bond donors (Lipinski definition) is 3. The average Bonchev–Trinajstić information content (AvgIpc) is 2.14. The molecule has 1 rings (SSSR count). The summed E-state index contributed by atoms with van der Waals surface area (Å²) in [5, 5.41) is 19.5. The summed E-state index contributed by atoms with van der Waals surface area (Å²) in [4.78, 5) is 21.4. The highest BCUT2D eigenvalue weighted by Gasteiger charge is 2.12. The minimum Gasteiger partial charge on any atom is -0.507 e. The first kappa shape index (κ1) is 11.0. The van der Waals surface area contributed by atoms with E-state index in [0.29, 0.717) is 0 Å². The molecule has 0 heterocycles. The van der Waals surface area contributed by atoms with Crippen LogP contribution >= 0.6 is 0 Å². The molecule has 0 atom stereocenters. The highest BCUT2D eigenvalue weighted by atomic mass is 19.1. The molecule has 1 aromatic rings. The Hall–Kier alpha value is -2.11. The number of carboxylic acid groups (broad SMARTS) is 1. The lowest BCUT2D eigenvalue weighted by molar-refractivity contribution is -0.135. The smallest absolute Gasteiger partial charge is 0.322 e. The summed E-state index contributed by atoms with van der Waals surface area (Å²) in [5.74, 6) is -3.18. The monoisotopic (exact) mass is 213 g/mol. The summed E-state index contributed by atoms with van der Waals surface area (Å²) in [7, 11) is 0. The fourth-order valence-corrected chi connectivity index (χ4v) is 0.948. The first-order valence-corrected chi connectivity index (χ1v) is 3.99. The number of phenols is 1. The number of hydrogen-bond acceptors (Lipinski definition) is 3. The van der Waals surface area contributed by atoms with Crippen molar-refractivity contribution in [2.24, 2.45) is 0 Å². The van der Waals surface area contributed by atoms with E-state index in [1.165, 1.54) is 0 Å². The number of carboxylic acids is 1. The minimum absolute atomic E-state index is 0.169. The molecule has 80 valence electrons. The van der Waals surface area contributed by atoms with Gasteiger partial charge in [0.25, 0.3) is 5.91 Å². The van der Waals surface area contributed by atoms with Crippen molar-refractivity contribution in [1.82, 2.24) is 5.32 Å². The van der Waals surface area contributed by atoms with Crippen LogP contribution in [0.1, 0.15) is 10.4 Å². The summed E-state index contributed by atoms with van der Waals surface area (Å²) < 4.78 is 12.5. The van der Waals surface area contributed by atoms with Crippen molar-refractivity contribution in [2.45, 2.75) is 0 Å². The number of carbonyl (C=O) groups excluding carboxylic acids is 1. The second kappa shape index (κ2) is 4.41. The average molecular weight is 213 g/mol. The largest absolute Gasteiger partial charge is 0.507 e. The van der Waals surface area contributed by atoms with Gasteiger partial charge in [0.05, 0.1) is 5.56 Å². The van der Waals surface area contributed by atoms with Crippen LogP contribution in [0, 0.1) is 5.82 Å². The maximum Gasteiger partial charge on any atom is 0.322 e. The van der Waals surface area contributed by atoms with Gasteiger partial charge in [-0.1, -0.05) is 0 Å². The number of rotatable bonds is 3. The molecule has 5 nitrogen and oxygen atoms in total. The van der Waals surface area contributed by atoms with Gasteiger partial charge in [-0.15, -0.1) is 0 Å². The van der Waals surface area contributed by atoms with Crippen molar-refractivity contribution in [3.63, 3.8) is 0 Å². The van der Waals surface area contributed by atoms with Crippen LogP contribution in [0.25, 0.3) is 0 Å². The minimum atomic E-state index is -1.20. The summed E-state index contributed by atoms with van der Waals surface area (Å²) in [6, 6.07) is 2.84. The van der Waals surface area contributed by atoms with E-state index in [0.717, 1.165) is 18.2 Å². The van der Waals surface area contributed by atoms with Crippen LogP contribution in [0.15, 0.2) is 18.2 Å². The third-order valence-corrected chi connectivity index (χ3v) is 1.60. The third kappa shape index (κ3) is 2.94. The van der Waals surface area contributed by atoms with Gasteiger partial charge in [0, 0.05) is 6.07 Å². The topological polar surface area (TPSA) is 86.6 Å². The maximum atomic E-state index is 12.5. The van der Waals surface area contributed by atoms with E-state index in [1.54, 1.807) is 0 Å². The van der Waals surface area contributed by atoms with E-state index < -0.39 is 30.0 Å². The van der Waals surface area contributed by atoms with Crippen LogP contribution in [0.3, 0.4) is 0 Å². The molecule has 0 aliphatic rings. The second-order valence-corrected chi connectivity index (χ2v) is 2.74. The lowest BCUT2D eigenvalue weighted by Gasteiger charge is -2.04. The predicted molar refractivity (Wildman–Crippen MR) is 48.0 cm³/mol. The van der Waals surface area contributed by atoms with Crippen molar-refractivity contribution in [3.8, 4) is 5.75 Å². The van der Waals surface area contributed by atoms with Crippen molar-refractivity contribution >= 4 is 11.9 Å². The van der Waals surface area contributed by atoms with Crippen molar-refractivity contribution < 1.29 is 24.2 Å². The highest BCUT2D eigenvalue weighted by molar-refractivity contribution is 5.98. The Morgan fingerprint density at radius 2 is 2.07 bits per heavy atom. The van der Waals surface area contributed by atoms with Gasteiger partial charge in [-0.2, -0.15) is 0 Å². The molecule has 0 aliphatic heterocycles. The molecule has 0 saturated heterocycles. The molecule has 15 heavy (non-hydrogen) atoms. The van der Waals surface area contributed by atoms with Gasteiger partial charge in [0.15, 0.2) is 0 Å². The van der Waals surface area contributed by atoms with E-state index in [9.17, 15) is 19.1 Å². The number of nitrogens with one attached hydrogen (secondary N) is 1. The Morgan fingerprint density at radius 3 is 2.60 bits per heavy atom. The van der Waals surface area contributed by atoms with Gasteiger partial charge in [0.1, 0.15) is 18.1 Å². The van der Waals surface area contributed by atoms with Gasteiger partial charge in [-0.25, -0.2) is 4.39 Å². The SMILES string of the molecule is O=C(O)CNC(=O)c1ccc(F)cc1O. The standard InChI is InChI=1S/C9H8FNO4/c10-5-1-2-6(7(12)3-5)9(15)11-4-8(13)14/h1-3,12H,4H2,(H,11,15)(H,13,14). The number of aliphatic carboxylic acids is 1. The van der Waals surface area contributed by atoms with Crippen LogP contribution in [0.5, 0.6) is 5.75 Å². The summed E-state index contributed by atoms with van der Waals surface area (Å²) in [6.45, 7) is -0.560. The van der Waals surface area contributed by atoms with Gasteiger partial charge < -0.3 is 15.5 Å². The Labute approximate surface area is 84.2 Å². The molecule has 0 spiro atoms. The molecule has 0 aliphatic carbocycles. The number of aromatic hydroxyl groups is 1. The lowest BCUT2D eigenvalue weighted by atomic mass is 10.2. The van der Waals surface area contributed by atoms with Crippen LogP contribution in [-0.4, -0.2) is 28.6 Å². The number of benzene rings is 1. The quantitative estimate of drug-likeness (QED) is 0.676. The molecule has 3 N–H and O–H groups in total. The molecule has 0 aromatic heterocycles. The van der Waals surface area contributed by atoms with Gasteiger partial charge in [-0.05, 0) is 12.1 Å². The van der Waals surface area contributed by atoms with Crippen LogP contribution in [0.2, 0.25) is 0 Å². The zero-order chi connectivity index (χ0) is 11.4. The predicted octanol–water partition coefficient (Wildman–Crippen LogP) is 0.346. The lowest BCUT2D eigenvalue weighted by Crippen LogP contribution is -2.29. The zero-order valence-electron chi connectivity index (χ0n) is 7.53. The van der Waals surface area contributed by atoms with Crippen molar-refractivity contribution in [3.05, 3.63) is 29.6 Å². The van der Waals surface area contributed by atoms with E-state index in [2.05, 4.69) is 0 Å². The van der Waals surface area contributed by atoms with Crippen molar-refractivity contribution in [2.75, 3.05) is 6.54 Å². The third-order valence-electron chi connectivity index (χ3n) is 1.60. The number of phenolic OH excluding ortho intramolecular Hbond substituents is 1. The Morgan fingerprint density at radius 1 is 1.40 bits per heavy atom. The van der Waals surface area contributed by atoms with Gasteiger partial charge in [-0.3, -0.25) is 9.59 Å². The molecule has 0 bridgehead atoms. The molecule has 0 unspecified atom stereocenters. The van der Waals surface area contributed by atoms with Gasteiger partial charge >= 0.3 is 5.97 Å². The first-order chi connectivity index (χ1) is 7.00. The molecular weight excluding hydrogens is 205 g/mol. The molecule has 1 aromatic carbocycles. The zero-order valence-corrected chi connectivity index (χ0v) is 7.53. The van der Waals surface area contributed by atoms with E-state index >= 15 is 0 Å². The maximum absolute atomic E-state index is 12.5. The van der Waals surface area contributed by atoms with Crippen molar-refractivity contribution in [1.29, 1.82) is 0 Å². The van der Waals surface area contributed by atoms with Crippen LogP contribution in [0.4, 0.5) is 4.39 Å². The molecular formula is C9H8FNO4. The van der Waals surface area contributed by atoms with E-state index in [4.69, 9.17) is 5.11 Å². The summed E-state index contributed by atoms with van der Waals surface area (Å²) in [6.07, 6.45) is 0. The molecule has 0 fully saturated rings. The van der Waals surface area contributed by atoms with E-state index in [-0.39, 0.29) is 5.56 Å². The molecule has 6 heteroatoms. The Bertz CT molecular complexity index is 405. The number of carbonyl (C=O) groups is 2. The van der Waals surface area contributed by atoms with E-state index in [1.807, 2.05) is 5.32 Å². The summed E-state index contributed by atoms with van der Waals surface area (Å²) in [5.41, 5.74) is -0.169. The Balaban J connectivity index is 2.78. The number of halogens is 1. The second-order valence-electron chi connectivity index (χ2n) is 2.74.